The van der Waals surface area contributed by atoms with E-state index >= 15 is 0 Å². The molecule has 1 aromatic rings. The molecule has 2 aliphatic heterocycles. The SMILES string of the molecule is Cc1ccc(N2CCC(N3CCOC(CN(C)CC(=O)O)C3)C2=O)cc1. The number of aliphatic carboxylic acids is 1. The van der Waals surface area contributed by atoms with Gasteiger partial charge in [-0.1, -0.05) is 17.7 Å². The topological polar surface area (TPSA) is 73.3 Å². The molecule has 2 fully saturated rings. The lowest BCUT2D eigenvalue weighted by molar-refractivity contribution is -0.138. The van der Waals surface area contributed by atoms with Crippen LogP contribution in [0.4, 0.5) is 5.69 Å². The molecule has 142 valence electrons. The predicted molar refractivity (Wildman–Crippen MR) is 98.4 cm³/mol. The summed E-state index contributed by atoms with van der Waals surface area (Å²) in [6.45, 7) is 5.26. The number of likely N-dealkylation sites (N-methyl/N-ethyl adjacent to an activating group) is 1. The van der Waals surface area contributed by atoms with E-state index in [1.807, 2.05) is 36.1 Å². The molecule has 3 rings (SSSR count). The summed E-state index contributed by atoms with van der Waals surface area (Å²) in [5.41, 5.74) is 2.13. The van der Waals surface area contributed by atoms with Crippen LogP contribution in [-0.2, 0) is 14.3 Å². The van der Waals surface area contributed by atoms with Gasteiger partial charge in [0.15, 0.2) is 0 Å². The molecule has 0 radical (unpaired) electrons. The minimum Gasteiger partial charge on any atom is -0.480 e. The van der Waals surface area contributed by atoms with E-state index in [2.05, 4.69) is 4.90 Å². The van der Waals surface area contributed by atoms with Gasteiger partial charge in [0.25, 0.3) is 0 Å². The molecule has 1 N–H and O–H groups in total. The van der Waals surface area contributed by atoms with Crippen molar-refractivity contribution in [3.63, 3.8) is 0 Å². The van der Waals surface area contributed by atoms with E-state index in [1.165, 1.54) is 5.56 Å². The fraction of sp³-hybridized carbons (Fsp3) is 0.579. The molecule has 0 bridgehead atoms. The molecule has 0 aliphatic carbocycles. The minimum absolute atomic E-state index is 0.0105. The Morgan fingerprint density at radius 3 is 2.73 bits per heavy atom. The molecule has 2 atom stereocenters. The third-order valence-corrected chi connectivity index (χ3v) is 5.05. The van der Waals surface area contributed by atoms with Crippen molar-refractivity contribution in [2.75, 3.05) is 51.3 Å². The number of rotatable bonds is 6. The molecule has 7 heteroatoms. The summed E-state index contributed by atoms with van der Waals surface area (Å²) in [6.07, 6.45) is 0.735. The van der Waals surface area contributed by atoms with Gasteiger partial charge in [-0.25, -0.2) is 0 Å². The number of carbonyl (C=O) groups is 2. The number of nitrogens with zero attached hydrogens (tertiary/aromatic N) is 3. The van der Waals surface area contributed by atoms with Gasteiger partial charge in [-0.05, 0) is 32.5 Å². The van der Waals surface area contributed by atoms with Crippen LogP contribution in [0.3, 0.4) is 0 Å². The highest BCUT2D eigenvalue weighted by atomic mass is 16.5. The lowest BCUT2D eigenvalue weighted by Crippen LogP contribution is -2.53. The van der Waals surface area contributed by atoms with Crippen molar-refractivity contribution in [2.24, 2.45) is 0 Å². The molecule has 0 saturated carbocycles. The maximum atomic E-state index is 12.9. The van der Waals surface area contributed by atoms with Crippen LogP contribution in [0.15, 0.2) is 24.3 Å². The fourth-order valence-corrected chi connectivity index (χ4v) is 3.76. The molecule has 0 aromatic heterocycles. The molecule has 7 nitrogen and oxygen atoms in total. The summed E-state index contributed by atoms with van der Waals surface area (Å²) in [5, 5.41) is 8.88. The lowest BCUT2D eigenvalue weighted by Gasteiger charge is -2.37. The number of hydrogen-bond donors (Lipinski definition) is 1. The van der Waals surface area contributed by atoms with Gasteiger partial charge < -0.3 is 14.7 Å². The zero-order valence-corrected chi connectivity index (χ0v) is 15.4. The second kappa shape index (κ2) is 8.16. The average molecular weight is 361 g/mol. The summed E-state index contributed by atoms with van der Waals surface area (Å²) < 4.78 is 5.78. The van der Waals surface area contributed by atoms with Crippen molar-refractivity contribution in [1.29, 1.82) is 0 Å². The second-order valence-electron chi connectivity index (χ2n) is 7.21. The van der Waals surface area contributed by atoms with Gasteiger partial charge in [0.2, 0.25) is 5.91 Å². The number of carbonyl (C=O) groups excluding carboxylic acids is 1. The number of amides is 1. The quantitative estimate of drug-likeness (QED) is 0.809. The number of ether oxygens (including phenoxy) is 1. The average Bonchev–Trinajstić information content (AvgIpc) is 2.96. The van der Waals surface area contributed by atoms with Gasteiger partial charge in [0, 0.05) is 31.9 Å². The highest BCUT2D eigenvalue weighted by Gasteiger charge is 2.38. The monoisotopic (exact) mass is 361 g/mol. The summed E-state index contributed by atoms with van der Waals surface area (Å²) in [6, 6.07) is 7.93. The first-order chi connectivity index (χ1) is 12.4. The summed E-state index contributed by atoms with van der Waals surface area (Å²) >= 11 is 0. The number of aryl methyl sites for hydroxylation is 1. The Morgan fingerprint density at radius 2 is 2.04 bits per heavy atom. The summed E-state index contributed by atoms with van der Waals surface area (Å²) in [7, 11) is 1.77. The van der Waals surface area contributed by atoms with Crippen molar-refractivity contribution >= 4 is 17.6 Å². The van der Waals surface area contributed by atoms with Gasteiger partial charge in [0.05, 0.1) is 25.3 Å². The number of hydrogen-bond acceptors (Lipinski definition) is 5. The smallest absolute Gasteiger partial charge is 0.317 e. The standard InChI is InChI=1S/C19H27N3O4/c1-14-3-5-15(6-4-14)22-8-7-17(19(22)25)21-9-10-26-16(12-21)11-20(2)13-18(23)24/h3-6,16-17H,7-13H2,1-2H3,(H,23,24). The van der Waals surface area contributed by atoms with E-state index in [1.54, 1.807) is 11.9 Å². The van der Waals surface area contributed by atoms with Crippen LogP contribution in [0, 0.1) is 6.92 Å². The Labute approximate surface area is 154 Å². The molecule has 2 heterocycles. The third-order valence-electron chi connectivity index (χ3n) is 5.05. The van der Waals surface area contributed by atoms with Gasteiger partial charge in [-0.3, -0.25) is 19.4 Å². The van der Waals surface area contributed by atoms with Gasteiger partial charge in [-0.15, -0.1) is 0 Å². The molecule has 2 unspecified atom stereocenters. The van der Waals surface area contributed by atoms with Crippen LogP contribution in [0.2, 0.25) is 0 Å². The Bertz CT molecular complexity index is 649. The van der Waals surface area contributed by atoms with E-state index in [9.17, 15) is 9.59 Å². The van der Waals surface area contributed by atoms with E-state index in [0.29, 0.717) is 19.7 Å². The van der Waals surface area contributed by atoms with Crippen LogP contribution in [-0.4, -0.2) is 85.3 Å². The molecular weight excluding hydrogens is 334 g/mol. The normalized spacial score (nSPS) is 24.4. The molecule has 0 spiro atoms. The molecule has 1 aromatic carbocycles. The number of morpholine rings is 1. The van der Waals surface area contributed by atoms with Crippen molar-refractivity contribution in [3.8, 4) is 0 Å². The molecule has 1 amide bonds. The van der Waals surface area contributed by atoms with Gasteiger partial charge >= 0.3 is 5.97 Å². The van der Waals surface area contributed by atoms with Crippen LogP contribution >= 0.6 is 0 Å². The first-order valence-electron chi connectivity index (χ1n) is 9.08. The Balaban J connectivity index is 1.59. The minimum atomic E-state index is -0.847. The van der Waals surface area contributed by atoms with Crippen LogP contribution in [0.5, 0.6) is 0 Å². The van der Waals surface area contributed by atoms with Gasteiger partial charge in [-0.2, -0.15) is 0 Å². The number of anilines is 1. The highest BCUT2D eigenvalue weighted by Crippen LogP contribution is 2.26. The van der Waals surface area contributed by atoms with Crippen molar-refractivity contribution in [3.05, 3.63) is 29.8 Å². The lowest BCUT2D eigenvalue weighted by atomic mass is 10.1. The highest BCUT2D eigenvalue weighted by molar-refractivity contribution is 5.99. The van der Waals surface area contributed by atoms with E-state index < -0.39 is 5.97 Å². The van der Waals surface area contributed by atoms with Crippen molar-refractivity contribution < 1.29 is 19.4 Å². The van der Waals surface area contributed by atoms with Crippen LogP contribution in [0.1, 0.15) is 12.0 Å². The first kappa shape index (κ1) is 18.8. The second-order valence-corrected chi connectivity index (χ2v) is 7.21. The van der Waals surface area contributed by atoms with Crippen LogP contribution in [0.25, 0.3) is 0 Å². The largest absolute Gasteiger partial charge is 0.480 e. The zero-order chi connectivity index (χ0) is 18.7. The fourth-order valence-electron chi connectivity index (χ4n) is 3.76. The molecule has 2 saturated heterocycles. The molecule has 26 heavy (non-hydrogen) atoms. The predicted octanol–water partition coefficient (Wildman–Crippen LogP) is 0.818. The van der Waals surface area contributed by atoms with E-state index in [0.717, 1.165) is 25.2 Å². The molecular formula is C19H27N3O4. The zero-order valence-electron chi connectivity index (χ0n) is 15.4. The first-order valence-corrected chi connectivity index (χ1v) is 9.08. The maximum absolute atomic E-state index is 12.9. The van der Waals surface area contributed by atoms with E-state index in [-0.39, 0.29) is 24.6 Å². The van der Waals surface area contributed by atoms with Gasteiger partial charge in [0.1, 0.15) is 0 Å². The maximum Gasteiger partial charge on any atom is 0.317 e. The van der Waals surface area contributed by atoms with E-state index in [4.69, 9.17) is 9.84 Å². The number of carboxylic acid groups (broad SMARTS) is 1. The van der Waals surface area contributed by atoms with Crippen LogP contribution < -0.4 is 4.90 Å². The summed E-state index contributed by atoms with van der Waals surface area (Å²) in [5.74, 6) is -0.701. The van der Waals surface area contributed by atoms with Crippen molar-refractivity contribution in [1.82, 2.24) is 9.80 Å². The number of carboxylic acids is 1. The summed E-state index contributed by atoms with van der Waals surface area (Å²) in [4.78, 5) is 29.5. The Hall–Kier alpha value is -1.96. The molecule has 2 aliphatic rings. The third kappa shape index (κ3) is 4.41. The van der Waals surface area contributed by atoms with Crippen molar-refractivity contribution in [2.45, 2.75) is 25.5 Å². The Kier molecular flexibility index (Phi) is 5.90. The number of benzene rings is 1. The Morgan fingerprint density at radius 1 is 1.31 bits per heavy atom.